The fraction of sp³-hybridized carbons (Fsp3) is 0.160. The van der Waals surface area contributed by atoms with Crippen LogP contribution >= 0.6 is 23.2 Å². The zero-order valence-electron chi connectivity index (χ0n) is 18.6. The van der Waals surface area contributed by atoms with Crippen molar-refractivity contribution >= 4 is 40.0 Å². The maximum absolute atomic E-state index is 14.2. The molecule has 1 N–H and O–H groups in total. The van der Waals surface area contributed by atoms with Crippen molar-refractivity contribution in [2.24, 2.45) is 0 Å². The van der Waals surface area contributed by atoms with E-state index in [0.717, 1.165) is 4.57 Å². The highest BCUT2D eigenvalue weighted by Crippen LogP contribution is 2.21. The second-order valence-electron chi connectivity index (χ2n) is 7.76. The molecule has 1 aromatic heterocycles. The van der Waals surface area contributed by atoms with E-state index in [1.165, 1.54) is 23.8 Å². The predicted molar refractivity (Wildman–Crippen MR) is 133 cm³/mol. The summed E-state index contributed by atoms with van der Waals surface area (Å²) >= 11 is 12.0. The van der Waals surface area contributed by atoms with Crippen LogP contribution in [0.4, 0.5) is 4.39 Å². The lowest BCUT2D eigenvalue weighted by Crippen LogP contribution is -2.44. The van der Waals surface area contributed by atoms with Crippen molar-refractivity contribution in [2.75, 3.05) is 7.11 Å². The first-order valence-corrected chi connectivity index (χ1v) is 11.3. The zero-order chi connectivity index (χ0) is 25.1. The maximum atomic E-state index is 14.2. The van der Waals surface area contributed by atoms with Gasteiger partial charge in [0.15, 0.2) is 11.6 Å². The fourth-order valence-corrected chi connectivity index (χ4v) is 4.19. The summed E-state index contributed by atoms with van der Waals surface area (Å²) in [4.78, 5) is 39.0. The van der Waals surface area contributed by atoms with Gasteiger partial charge < -0.3 is 10.1 Å². The molecule has 4 aromatic rings. The standard InChI is InChI=1S/C25H20Cl2FN3O4/c1-35-22-9-6-15(10-20(22)28)13-30-21-5-3-2-4-18(21)24(33)31(25(30)34)14-23(32)29-12-16-7-8-17(26)11-19(16)27/h2-11H,12-14H2,1H3,(H,29,32). The molecule has 0 spiro atoms. The number of para-hydroxylation sites is 1. The van der Waals surface area contributed by atoms with Crippen molar-refractivity contribution < 1.29 is 13.9 Å². The van der Waals surface area contributed by atoms with Crippen LogP contribution < -0.4 is 21.3 Å². The highest BCUT2D eigenvalue weighted by molar-refractivity contribution is 6.35. The van der Waals surface area contributed by atoms with Crippen LogP contribution in [-0.4, -0.2) is 22.2 Å². The number of carbonyl (C=O) groups excluding carboxylic acids is 1. The smallest absolute Gasteiger partial charge is 0.332 e. The zero-order valence-corrected chi connectivity index (χ0v) is 20.1. The first-order chi connectivity index (χ1) is 16.8. The molecular formula is C25H20Cl2FN3O4. The summed E-state index contributed by atoms with van der Waals surface area (Å²) in [5.74, 6) is -1.04. The lowest BCUT2D eigenvalue weighted by molar-refractivity contribution is -0.121. The number of rotatable bonds is 7. The molecule has 0 unspecified atom stereocenters. The average Bonchev–Trinajstić information content (AvgIpc) is 2.84. The van der Waals surface area contributed by atoms with Crippen molar-refractivity contribution in [3.8, 4) is 5.75 Å². The number of hydrogen-bond donors (Lipinski definition) is 1. The minimum atomic E-state index is -0.690. The molecule has 0 aliphatic heterocycles. The van der Waals surface area contributed by atoms with Gasteiger partial charge in [0, 0.05) is 16.6 Å². The molecule has 35 heavy (non-hydrogen) atoms. The van der Waals surface area contributed by atoms with Crippen LogP contribution in [0.25, 0.3) is 10.9 Å². The molecule has 0 radical (unpaired) electrons. The molecule has 1 amide bonds. The Labute approximate surface area is 209 Å². The molecule has 0 saturated carbocycles. The Balaban J connectivity index is 1.66. The first kappa shape index (κ1) is 24.5. The SMILES string of the molecule is COc1ccc(Cn2c(=O)n(CC(=O)NCc3ccc(Cl)cc3Cl)c(=O)c3ccccc32)cc1F. The molecule has 1 heterocycles. The van der Waals surface area contributed by atoms with Crippen molar-refractivity contribution in [1.82, 2.24) is 14.5 Å². The molecule has 10 heteroatoms. The third-order valence-corrected chi connectivity index (χ3v) is 6.07. The monoisotopic (exact) mass is 515 g/mol. The predicted octanol–water partition coefficient (Wildman–Crippen LogP) is 3.98. The number of hydrogen-bond acceptors (Lipinski definition) is 4. The van der Waals surface area contributed by atoms with Crippen molar-refractivity contribution in [2.45, 2.75) is 19.6 Å². The maximum Gasteiger partial charge on any atom is 0.332 e. The van der Waals surface area contributed by atoms with E-state index < -0.39 is 29.5 Å². The van der Waals surface area contributed by atoms with Crippen LogP contribution in [-0.2, 0) is 24.4 Å². The van der Waals surface area contributed by atoms with Gasteiger partial charge in [0.2, 0.25) is 5.91 Å². The van der Waals surface area contributed by atoms with Gasteiger partial charge in [0.1, 0.15) is 6.54 Å². The number of ether oxygens (including phenoxy) is 1. The van der Waals surface area contributed by atoms with E-state index in [1.54, 1.807) is 48.5 Å². The minimum Gasteiger partial charge on any atom is -0.494 e. The van der Waals surface area contributed by atoms with Gasteiger partial charge in [-0.1, -0.05) is 47.5 Å². The first-order valence-electron chi connectivity index (χ1n) is 10.5. The van der Waals surface area contributed by atoms with Crippen LogP contribution in [0.1, 0.15) is 11.1 Å². The number of methoxy groups -OCH3 is 1. The number of fused-ring (bicyclic) bond motifs is 1. The normalized spacial score (nSPS) is 11.0. The van der Waals surface area contributed by atoms with Gasteiger partial charge in [-0.3, -0.25) is 18.7 Å². The summed E-state index contributed by atoms with van der Waals surface area (Å²) in [5, 5.41) is 3.77. The summed E-state index contributed by atoms with van der Waals surface area (Å²) in [6.07, 6.45) is 0. The minimum absolute atomic E-state index is 0.0114. The number of aromatic nitrogens is 2. The average molecular weight is 516 g/mol. The molecule has 3 aromatic carbocycles. The van der Waals surface area contributed by atoms with Gasteiger partial charge in [-0.05, 0) is 47.5 Å². The highest BCUT2D eigenvalue weighted by Gasteiger charge is 2.16. The van der Waals surface area contributed by atoms with Gasteiger partial charge >= 0.3 is 5.69 Å². The Morgan fingerprint density at radius 1 is 1.03 bits per heavy atom. The molecule has 0 saturated heterocycles. The summed E-state index contributed by atoms with van der Waals surface area (Å²) in [5.41, 5.74) is 0.215. The van der Waals surface area contributed by atoms with E-state index in [1.807, 2.05) is 0 Å². The number of nitrogens with one attached hydrogen (secondary N) is 1. The van der Waals surface area contributed by atoms with E-state index in [4.69, 9.17) is 27.9 Å². The van der Waals surface area contributed by atoms with Gasteiger partial charge in [0.05, 0.1) is 24.6 Å². The number of halogens is 3. The Bertz CT molecular complexity index is 1550. The summed E-state index contributed by atoms with van der Waals surface area (Å²) in [7, 11) is 1.36. The summed E-state index contributed by atoms with van der Waals surface area (Å²) < 4.78 is 21.4. The van der Waals surface area contributed by atoms with Gasteiger partial charge in [-0.15, -0.1) is 0 Å². The second-order valence-corrected chi connectivity index (χ2v) is 8.60. The second kappa shape index (κ2) is 10.3. The largest absolute Gasteiger partial charge is 0.494 e. The highest BCUT2D eigenvalue weighted by atomic mass is 35.5. The van der Waals surface area contributed by atoms with E-state index in [0.29, 0.717) is 26.7 Å². The Hall–Kier alpha value is -3.62. The lowest BCUT2D eigenvalue weighted by atomic mass is 10.2. The van der Waals surface area contributed by atoms with E-state index in [-0.39, 0.29) is 24.2 Å². The third-order valence-electron chi connectivity index (χ3n) is 5.48. The number of benzene rings is 3. The van der Waals surface area contributed by atoms with Crippen LogP contribution in [0.5, 0.6) is 5.75 Å². The van der Waals surface area contributed by atoms with E-state index in [9.17, 15) is 18.8 Å². The van der Waals surface area contributed by atoms with Gasteiger partial charge in [-0.2, -0.15) is 0 Å². The molecule has 180 valence electrons. The van der Waals surface area contributed by atoms with Crippen LogP contribution in [0.15, 0.2) is 70.3 Å². The van der Waals surface area contributed by atoms with Crippen LogP contribution in [0.3, 0.4) is 0 Å². The fourth-order valence-electron chi connectivity index (χ4n) is 3.71. The molecule has 0 aliphatic carbocycles. The summed E-state index contributed by atoms with van der Waals surface area (Å²) in [6, 6.07) is 15.8. The van der Waals surface area contributed by atoms with Crippen molar-refractivity contribution in [3.05, 3.63) is 108 Å². The van der Waals surface area contributed by atoms with Crippen molar-refractivity contribution in [1.29, 1.82) is 0 Å². The third kappa shape index (κ3) is 5.23. The molecule has 4 rings (SSSR count). The number of nitrogens with zero attached hydrogens (tertiary/aromatic N) is 2. The molecule has 7 nitrogen and oxygen atoms in total. The Morgan fingerprint density at radius 3 is 2.51 bits per heavy atom. The van der Waals surface area contributed by atoms with Crippen LogP contribution in [0, 0.1) is 5.82 Å². The number of amides is 1. The Kier molecular flexibility index (Phi) is 7.23. The van der Waals surface area contributed by atoms with Gasteiger partial charge in [0.25, 0.3) is 5.56 Å². The van der Waals surface area contributed by atoms with E-state index >= 15 is 0 Å². The molecule has 0 aliphatic rings. The Morgan fingerprint density at radius 2 is 1.80 bits per heavy atom. The lowest BCUT2D eigenvalue weighted by Gasteiger charge is -2.15. The van der Waals surface area contributed by atoms with Gasteiger partial charge in [-0.25, -0.2) is 9.18 Å². The quantitative estimate of drug-likeness (QED) is 0.403. The van der Waals surface area contributed by atoms with E-state index in [2.05, 4.69) is 5.32 Å². The topological polar surface area (TPSA) is 82.3 Å². The molecule has 0 atom stereocenters. The molecule has 0 bridgehead atoms. The molecular weight excluding hydrogens is 496 g/mol. The number of carbonyl (C=O) groups is 1. The van der Waals surface area contributed by atoms with Crippen molar-refractivity contribution in [3.63, 3.8) is 0 Å². The molecule has 0 fully saturated rings. The van der Waals surface area contributed by atoms with Crippen LogP contribution in [0.2, 0.25) is 10.0 Å². The summed E-state index contributed by atoms with van der Waals surface area (Å²) in [6.45, 7) is -0.413.